The van der Waals surface area contributed by atoms with Crippen molar-refractivity contribution in [1.82, 2.24) is 0 Å². The highest BCUT2D eigenvalue weighted by molar-refractivity contribution is 4.48. The van der Waals surface area contributed by atoms with Gasteiger partial charge in [0.05, 0.1) is 0 Å². The van der Waals surface area contributed by atoms with E-state index >= 15 is 0 Å². The second-order valence-electron chi connectivity index (χ2n) is 6.12. The molecule has 136 valence electrons. The molecule has 3 nitrogen and oxygen atoms in total. The van der Waals surface area contributed by atoms with Crippen molar-refractivity contribution < 1.29 is 15.3 Å². The predicted octanol–water partition coefficient (Wildman–Crippen LogP) is 4.82. The Morgan fingerprint density at radius 1 is 0.364 bits per heavy atom. The number of hydrogen-bond donors (Lipinski definition) is 3. The second-order valence-corrected chi connectivity index (χ2v) is 6.12. The molecule has 0 atom stereocenters. The zero-order valence-corrected chi connectivity index (χ0v) is 15.1. The highest BCUT2D eigenvalue weighted by Crippen LogP contribution is 2.12. The number of rotatable bonds is 16. The lowest BCUT2D eigenvalue weighted by Gasteiger charge is -2.02. The van der Waals surface area contributed by atoms with Gasteiger partial charge in [-0.25, -0.2) is 0 Å². The smallest absolute Gasteiger partial charge is 0.0431 e. The first-order valence-electron chi connectivity index (χ1n) is 9.66. The first-order valence-corrected chi connectivity index (χ1v) is 9.66. The summed E-state index contributed by atoms with van der Waals surface area (Å²) in [5, 5.41) is 24.8. The van der Waals surface area contributed by atoms with E-state index < -0.39 is 0 Å². The molecule has 0 rings (SSSR count). The molecule has 0 aliphatic carbocycles. The lowest BCUT2D eigenvalue weighted by atomic mass is 10.0. The van der Waals surface area contributed by atoms with Gasteiger partial charge in [-0.05, 0) is 19.3 Å². The normalized spacial score (nSPS) is 10.4. The molecule has 0 aliphatic rings. The molecule has 0 aromatic heterocycles. The van der Waals surface area contributed by atoms with Crippen molar-refractivity contribution in [3.63, 3.8) is 0 Å². The molecular weight excluding hydrogens is 276 g/mol. The molecule has 0 saturated carbocycles. The van der Waals surface area contributed by atoms with Gasteiger partial charge in [0, 0.05) is 19.8 Å². The average Bonchev–Trinajstić information content (AvgIpc) is 2.54. The van der Waals surface area contributed by atoms with Gasteiger partial charge in [-0.3, -0.25) is 0 Å². The first-order chi connectivity index (χ1) is 10.8. The standard InChI is InChI=1S/C15H32O.C4H10O2/c1-2-3-4-5-6-7-8-9-10-11-12-13-14-15-16;5-3-1-2-4-6/h16H,2-15H2,1H3;5-6H,1-4H2. The summed E-state index contributed by atoms with van der Waals surface area (Å²) in [5.74, 6) is 0. The van der Waals surface area contributed by atoms with E-state index in [4.69, 9.17) is 15.3 Å². The Morgan fingerprint density at radius 3 is 0.864 bits per heavy atom. The third-order valence-corrected chi connectivity index (χ3v) is 3.83. The molecule has 0 aliphatic heterocycles. The van der Waals surface area contributed by atoms with Crippen LogP contribution in [0.5, 0.6) is 0 Å². The Morgan fingerprint density at radius 2 is 0.591 bits per heavy atom. The van der Waals surface area contributed by atoms with Gasteiger partial charge in [-0.1, -0.05) is 84.0 Å². The number of hydrogen-bond acceptors (Lipinski definition) is 3. The van der Waals surface area contributed by atoms with Crippen LogP contribution in [0.25, 0.3) is 0 Å². The Bertz CT molecular complexity index is 145. The average molecular weight is 319 g/mol. The largest absolute Gasteiger partial charge is 0.396 e. The van der Waals surface area contributed by atoms with Crippen LogP contribution in [0.15, 0.2) is 0 Å². The maximum atomic E-state index is 8.63. The van der Waals surface area contributed by atoms with Crippen molar-refractivity contribution in [3.05, 3.63) is 0 Å². The van der Waals surface area contributed by atoms with E-state index in [1.54, 1.807) is 0 Å². The molecule has 0 unspecified atom stereocenters. The van der Waals surface area contributed by atoms with Crippen LogP contribution in [-0.4, -0.2) is 35.1 Å². The summed E-state index contributed by atoms with van der Waals surface area (Å²) in [6.45, 7) is 3.04. The van der Waals surface area contributed by atoms with Crippen LogP contribution < -0.4 is 0 Å². The maximum Gasteiger partial charge on any atom is 0.0431 e. The molecule has 3 heteroatoms. The van der Waals surface area contributed by atoms with E-state index in [2.05, 4.69) is 6.92 Å². The van der Waals surface area contributed by atoms with Crippen LogP contribution in [0.3, 0.4) is 0 Å². The summed E-state index contributed by atoms with van der Waals surface area (Å²) >= 11 is 0. The Kier molecular flexibility index (Phi) is 28.3. The highest BCUT2D eigenvalue weighted by Gasteiger charge is 1.93. The Hall–Kier alpha value is -0.120. The van der Waals surface area contributed by atoms with E-state index in [-0.39, 0.29) is 13.2 Å². The fourth-order valence-corrected chi connectivity index (χ4v) is 2.35. The topological polar surface area (TPSA) is 60.7 Å². The molecular formula is C19H42O3. The van der Waals surface area contributed by atoms with Crippen LogP contribution in [0, 0.1) is 0 Å². The van der Waals surface area contributed by atoms with Gasteiger partial charge in [0.15, 0.2) is 0 Å². The lowest BCUT2D eigenvalue weighted by molar-refractivity contribution is 0.242. The molecule has 22 heavy (non-hydrogen) atoms. The van der Waals surface area contributed by atoms with E-state index in [1.807, 2.05) is 0 Å². The minimum absolute atomic E-state index is 0.195. The first kappa shape index (κ1) is 24.1. The van der Waals surface area contributed by atoms with Gasteiger partial charge in [-0.15, -0.1) is 0 Å². The predicted molar refractivity (Wildman–Crippen MR) is 96.2 cm³/mol. The summed E-state index contributed by atoms with van der Waals surface area (Å²) in [6.07, 6.45) is 19.2. The third-order valence-electron chi connectivity index (χ3n) is 3.83. The van der Waals surface area contributed by atoms with Crippen LogP contribution in [-0.2, 0) is 0 Å². The molecule has 0 heterocycles. The summed E-state index contributed by atoms with van der Waals surface area (Å²) < 4.78 is 0. The number of aliphatic hydroxyl groups excluding tert-OH is 3. The third kappa shape index (κ3) is 28.1. The van der Waals surface area contributed by atoms with Crippen LogP contribution in [0.2, 0.25) is 0 Å². The molecule has 3 N–H and O–H groups in total. The summed E-state index contributed by atoms with van der Waals surface area (Å²) in [4.78, 5) is 0. The fraction of sp³-hybridized carbons (Fsp3) is 1.00. The summed E-state index contributed by atoms with van der Waals surface area (Å²) in [5.41, 5.74) is 0. The zero-order valence-electron chi connectivity index (χ0n) is 15.1. The van der Waals surface area contributed by atoms with Gasteiger partial charge in [-0.2, -0.15) is 0 Å². The van der Waals surface area contributed by atoms with E-state index in [0.717, 1.165) is 19.3 Å². The molecule has 0 aromatic carbocycles. The zero-order chi connectivity index (χ0) is 16.7. The Balaban J connectivity index is 0. The minimum atomic E-state index is 0.195. The Labute approximate surface area is 139 Å². The van der Waals surface area contributed by atoms with Gasteiger partial charge in [0.2, 0.25) is 0 Å². The lowest BCUT2D eigenvalue weighted by Crippen LogP contribution is -1.85. The van der Waals surface area contributed by atoms with E-state index in [9.17, 15) is 0 Å². The van der Waals surface area contributed by atoms with Crippen LogP contribution in [0.1, 0.15) is 103 Å². The molecule has 0 spiro atoms. The van der Waals surface area contributed by atoms with Gasteiger partial charge in [0.1, 0.15) is 0 Å². The maximum absolute atomic E-state index is 8.63. The fourth-order valence-electron chi connectivity index (χ4n) is 2.35. The quantitative estimate of drug-likeness (QED) is 0.357. The van der Waals surface area contributed by atoms with Crippen LogP contribution in [0.4, 0.5) is 0 Å². The monoisotopic (exact) mass is 318 g/mol. The van der Waals surface area contributed by atoms with Crippen molar-refractivity contribution in [3.8, 4) is 0 Å². The van der Waals surface area contributed by atoms with Gasteiger partial charge < -0.3 is 15.3 Å². The van der Waals surface area contributed by atoms with Crippen molar-refractivity contribution in [2.24, 2.45) is 0 Å². The van der Waals surface area contributed by atoms with Crippen LogP contribution >= 0.6 is 0 Å². The molecule has 0 fully saturated rings. The van der Waals surface area contributed by atoms with Crippen molar-refractivity contribution >= 4 is 0 Å². The molecule has 0 aromatic rings. The second kappa shape index (κ2) is 25.8. The van der Waals surface area contributed by atoms with E-state index in [0.29, 0.717) is 6.61 Å². The SMILES string of the molecule is CCCCCCCCCCCCCCCO.OCCCCO. The number of aliphatic hydroxyl groups is 3. The summed E-state index contributed by atoms with van der Waals surface area (Å²) in [6, 6.07) is 0. The van der Waals surface area contributed by atoms with Crippen molar-refractivity contribution in [2.75, 3.05) is 19.8 Å². The van der Waals surface area contributed by atoms with Gasteiger partial charge in [0.25, 0.3) is 0 Å². The van der Waals surface area contributed by atoms with Crippen molar-refractivity contribution in [1.29, 1.82) is 0 Å². The molecule has 0 amide bonds. The van der Waals surface area contributed by atoms with Gasteiger partial charge >= 0.3 is 0 Å². The summed E-state index contributed by atoms with van der Waals surface area (Å²) in [7, 11) is 0. The molecule has 0 radical (unpaired) electrons. The van der Waals surface area contributed by atoms with E-state index in [1.165, 1.54) is 77.0 Å². The molecule has 0 bridgehead atoms. The number of unbranched alkanes of at least 4 members (excludes halogenated alkanes) is 13. The minimum Gasteiger partial charge on any atom is -0.396 e. The van der Waals surface area contributed by atoms with Crippen molar-refractivity contribution in [2.45, 2.75) is 103 Å². The highest BCUT2D eigenvalue weighted by atomic mass is 16.3. The molecule has 0 saturated heterocycles.